The monoisotopic (exact) mass is 290 g/mol. The highest BCUT2D eigenvalue weighted by atomic mass is 28.4. The topological polar surface area (TPSA) is 42.5 Å². The number of hydrogen-bond donors (Lipinski definition) is 2. The molecule has 116 valence electrons. The smallest absolute Gasteiger partial charge is 0.371 e. The second-order valence-corrected chi connectivity index (χ2v) is 7.39. The first-order valence-electron chi connectivity index (χ1n) is 8.02. The maximum atomic E-state index is 6.07. The van der Waals surface area contributed by atoms with E-state index in [-0.39, 0.29) is 0 Å². The highest BCUT2D eigenvalue weighted by Crippen LogP contribution is 2.04. The van der Waals surface area contributed by atoms with E-state index in [1.165, 1.54) is 12.8 Å². The summed E-state index contributed by atoms with van der Waals surface area (Å²) in [4.78, 5) is 7.09. The normalized spacial score (nSPS) is 12.0. The van der Waals surface area contributed by atoms with E-state index in [1.54, 1.807) is 0 Å². The van der Waals surface area contributed by atoms with Gasteiger partial charge in [0.2, 0.25) is 0 Å². The van der Waals surface area contributed by atoms with Gasteiger partial charge in [-0.15, -0.1) is 0 Å². The number of nitrogens with one attached hydrogen (secondary N) is 2. The maximum absolute atomic E-state index is 6.07. The lowest BCUT2D eigenvalue weighted by Gasteiger charge is -2.31. The van der Waals surface area contributed by atoms with Crippen LogP contribution in [0.1, 0.15) is 66.2 Å². The molecule has 0 aliphatic rings. The van der Waals surface area contributed by atoms with E-state index in [2.05, 4.69) is 37.7 Å². The third-order valence-electron chi connectivity index (χ3n) is 2.80. The van der Waals surface area contributed by atoms with Gasteiger partial charge in [0.15, 0.2) is 0 Å². The van der Waals surface area contributed by atoms with Crippen molar-refractivity contribution >= 4 is 8.88 Å². The molecule has 4 nitrogen and oxygen atoms in total. The molecule has 0 rings (SSSR count). The lowest BCUT2D eigenvalue weighted by atomic mass is 10.3. The van der Waals surface area contributed by atoms with E-state index in [0.717, 1.165) is 52.0 Å². The summed E-state index contributed by atoms with van der Waals surface area (Å²) >= 11 is 0. The quantitative estimate of drug-likeness (QED) is 0.381. The first-order valence-corrected chi connectivity index (χ1v) is 9.84. The maximum Gasteiger partial charge on any atom is 0.516 e. The Balaban J connectivity index is 4.44. The van der Waals surface area contributed by atoms with Gasteiger partial charge in [0.1, 0.15) is 0 Å². The SMILES string of the molecule is CCCCN[Si](NCCCC)(OCCC)OCCC. The molecule has 0 bridgehead atoms. The van der Waals surface area contributed by atoms with E-state index < -0.39 is 8.88 Å². The Labute approximate surface area is 121 Å². The summed E-state index contributed by atoms with van der Waals surface area (Å²) in [7, 11) is -2.41. The summed E-state index contributed by atoms with van der Waals surface area (Å²) in [6.45, 7) is 12.1. The summed E-state index contributed by atoms with van der Waals surface area (Å²) in [6.07, 6.45) is 6.75. The van der Waals surface area contributed by atoms with E-state index in [0.29, 0.717) is 0 Å². The van der Waals surface area contributed by atoms with Crippen molar-refractivity contribution in [3.8, 4) is 0 Å². The standard InChI is InChI=1S/C14H34N2O2Si/c1-5-9-11-15-19(17-13-7-3,18-14-8-4)16-12-10-6-2/h15-16H,5-14H2,1-4H3. The van der Waals surface area contributed by atoms with Crippen molar-refractivity contribution in [2.24, 2.45) is 0 Å². The Bertz CT molecular complexity index is 174. The zero-order valence-corrected chi connectivity index (χ0v) is 14.4. The van der Waals surface area contributed by atoms with Crippen molar-refractivity contribution in [2.75, 3.05) is 26.3 Å². The van der Waals surface area contributed by atoms with Crippen LogP contribution in [-0.2, 0) is 8.85 Å². The summed E-state index contributed by atoms with van der Waals surface area (Å²) in [5.74, 6) is 0. The lowest BCUT2D eigenvalue weighted by molar-refractivity contribution is 0.145. The highest BCUT2D eigenvalue weighted by molar-refractivity contribution is 6.62. The Morgan fingerprint density at radius 3 is 1.42 bits per heavy atom. The zero-order chi connectivity index (χ0) is 14.4. The van der Waals surface area contributed by atoms with Crippen LogP contribution in [-0.4, -0.2) is 35.2 Å². The van der Waals surface area contributed by atoms with Gasteiger partial charge in [0.05, 0.1) is 0 Å². The van der Waals surface area contributed by atoms with Crippen molar-refractivity contribution in [3.63, 3.8) is 0 Å². The molecule has 0 unspecified atom stereocenters. The molecule has 0 aromatic rings. The van der Waals surface area contributed by atoms with Gasteiger partial charge in [0.25, 0.3) is 0 Å². The minimum atomic E-state index is -2.41. The van der Waals surface area contributed by atoms with Crippen LogP contribution >= 0.6 is 0 Å². The minimum Gasteiger partial charge on any atom is -0.371 e. The molecule has 2 N–H and O–H groups in total. The third kappa shape index (κ3) is 9.57. The van der Waals surface area contributed by atoms with E-state index in [4.69, 9.17) is 8.85 Å². The number of rotatable bonds is 14. The Hall–Kier alpha value is 0.0569. The molecule has 0 saturated heterocycles. The van der Waals surface area contributed by atoms with Crippen LogP contribution in [0.2, 0.25) is 0 Å². The van der Waals surface area contributed by atoms with Gasteiger partial charge in [-0.05, 0) is 38.8 Å². The van der Waals surface area contributed by atoms with Crippen molar-refractivity contribution in [2.45, 2.75) is 66.2 Å². The van der Waals surface area contributed by atoms with E-state index >= 15 is 0 Å². The Morgan fingerprint density at radius 2 is 1.11 bits per heavy atom. The molecular formula is C14H34N2O2Si. The molecule has 0 aromatic heterocycles. The number of unbranched alkanes of at least 4 members (excludes halogenated alkanes) is 2. The average Bonchev–Trinajstić information content (AvgIpc) is 2.43. The molecule has 19 heavy (non-hydrogen) atoms. The van der Waals surface area contributed by atoms with Crippen LogP contribution in [0.4, 0.5) is 0 Å². The summed E-state index contributed by atoms with van der Waals surface area (Å²) < 4.78 is 12.1. The molecule has 0 heterocycles. The average molecular weight is 291 g/mol. The van der Waals surface area contributed by atoms with Crippen molar-refractivity contribution < 1.29 is 8.85 Å². The number of hydrogen-bond acceptors (Lipinski definition) is 4. The van der Waals surface area contributed by atoms with Gasteiger partial charge in [0, 0.05) is 13.2 Å². The third-order valence-corrected chi connectivity index (χ3v) is 5.45. The summed E-state index contributed by atoms with van der Waals surface area (Å²) in [5, 5.41) is 0. The van der Waals surface area contributed by atoms with Gasteiger partial charge in [-0.25, -0.2) is 0 Å². The minimum absolute atomic E-state index is 0.758. The highest BCUT2D eigenvalue weighted by Gasteiger charge is 2.38. The van der Waals surface area contributed by atoms with Gasteiger partial charge >= 0.3 is 8.88 Å². The molecule has 0 aromatic carbocycles. The van der Waals surface area contributed by atoms with Crippen molar-refractivity contribution in [1.82, 2.24) is 9.96 Å². The Kier molecular flexibility index (Phi) is 13.1. The van der Waals surface area contributed by atoms with Crippen LogP contribution in [0.25, 0.3) is 0 Å². The fourth-order valence-corrected chi connectivity index (χ4v) is 4.27. The first-order chi connectivity index (χ1) is 9.24. The Morgan fingerprint density at radius 1 is 0.684 bits per heavy atom. The van der Waals surface area contributed by atoms with Crippen LogP contribution in [0.5, 0.6) is 0 Å². The molecule has 5 heteroatoms. The van der Waals surface area contributed by atoms with Crippen LogP contribution in [0, 0.1) is 0 Å². The molecule has 0 aliphatic carbocycles. The molecule has 0 saturated carbocycles. The molecule has 0 radical (unpaired) electrons. The van der Waals surface area contributed by atoms with Crippen molar-refractivity contribution in [3.05, 3.63) is 0 Å². The predicted octanol–water partition coefficient (Wildman–Crippen LogP) is 3.05. The van der Waals surface area contributed by atoms with Crippen LogP contribution < -0.4 is 9.96 Å². The van der Waals surface area contributed by atoms with Gasteiger partial charge in [-0.2, -0.15) is 0 Å². The largest absolute Gasteiger partial charge is 0.516 e. The predicted molar refractivity (Wildman–Crippen MR) is 84.1 cm³/mol. The van der Waals surface area contributed by atoms with Gasteiger partial charge < -0.3 is 8.85 Å². The molecule has 0 aliphatic heterocycles. The van der Waals surface area contributed by atoms with Crippen LogP contribution in [0.15, 0.2) is 0 Å². The first kappa shape index (κ1) is 19.1. The van der Waals surface area contributed by atoms with E-state index in [9.17, 15) is 0 Å². The molecule has 0 spiro atoms. The van der Waals surface area contributed by atoms with Gasteiger partial charge in [-0.1, -0.05) is 40.5 Å². The molecule has 0 atom stereocenters. The van der Waals surface area contributed by atoms with Gasteiger partial charge in [-0.3, -0.25) is 9.96 Å². The fourth-order valence-electron chi connectivity index (χ4n) is 1.66. The second-order valence-electron chi connectivity index (χ2n) is 4.87. The molecular weight excluding hydrogens is 256 g/mol. The molecule has 0 fully saturated rings. The summed E-state index contributed by atoms with van der Waals surface area (Å²) in [6, 6.07) is 0. The second kappa shape index (κ2) is 13.1. The lowest BCUT2D eigenvalue weighted by Crippen LogP contribution is -2.67. The zero-order valence-electron chi connectivity index (χ0n) is 13.4. The molecule has 0 amide bonds. The summed E-state index contributed by atoms with van der Waals surface area (Å²) in [5.41, 5.74) is 0. The van der Waals surface area contributed by atoms with Crippen molar-refractivity contribution in [1.29, 1.82) is 0 Å². The fraction of sp³-hybridized carbons (Fsp3) is 1.00. The van der Waals surface area contributed by atoms with Crippen LogP contribution in [0.3, 0.4) is 0 Å². The van der Waals surface area contributed by atoms with E-state index in [1.807, 2.05) is 0 Å².